The van der Waals surface area contributed by atoms with E-state index in [2.05, 4.69) is 50.7 Å². The fourth-order valence-corrected chi connectivity index (χ4v) is 3.74. The molecule has 6 nitrogen and oxygen atoms in total. The summed E-state index contributed by atoms with van der Waals surface area (Å²) in [6, 6.07) is 8.63. The number of imidazole rings is 1. The van der Waals surface area contributed by atoms with E-state index in [0.29, 0.717) is 0 Å². The minimum atomic E-state index is 0. The second-order valence-corrected chi connectivity index (χ2v) is 6.87. The fraction of sp³-hybridized carbons (Fsp3) is 0.368. The summed E-state index contributed by atoms with van der Waals surface area (Å²) in [6.07, 6.45) is 5.14. The van der Waals surface area contributed by atoms with Crippen molar-refractivity contribution in [2.24, 2.45) is 0 Å². The summed E-state index contributed by atoms with van der Waals surface area (Å²) < 4.78 is 10.1. The molecule has 4 heterocycles. The summed E-state index contributed by atoms with van der Waals surface area (Å²) >= 11 is 0. The average Bonchev–Trinajstić information content (AvgIpc) is 3.30. The second kappa shape index (κ2) is 7.92. The molecular formula is C19H23Cl2N5O. The zero-order valence-electron chi connectivity index (χ0n) is 15.1. The van der Waals surface area contributed by atoms with Crippen LogP contribution >= 0.6 is 24.8 Å². The van der Waals surface area contributed by atoms with Crippen molar-refractivity contribution in [2.75, 3.05) is 6.54 Å². The van der Waals surface area contributed by atoms with E-state index in [-0.39, 0.29) is 30.9 Å². The van der Waals surface area contributed by atoms with Gasteiger partial charge in [0.15, 0.2) is 5.82 Å². The van der Waals surface area contributed by atoms with Crippen LogP contribution in [0.4, 0.5) is 0 Å². The van der Waals surface area contributed by atoms with Crippen LogP contribution in [-0.4, -0.2) is 32.0 Å². The first-order chi connectivity index (χ1) is 12.3. The van der Waals surface area contributed by atoms with Gasteiger partial charge in [-0.15, -0.1) is 24.8 Å². The normalized spacial score (nSPS) is 17.3. The molecule has 3 aromatic rings. The molecule has 2 aliphatic heterocycles. The minimum Gasteiger partial charge on any atom is -0.490 e. The van der Waals surface area contributed by atoms with Crippen molar-refractivity contribution in [1.29, 1.82) is 0 Å². The van der Waals surface area contributed by atoms with Crippen molar-refractivity contribution < 1.29 is 4.74 Å². The predicted octanol–water partition coefficient (Wildman–Crippen LogP) is 3.07. The number of hydrogen-bond donors (Lipinski definition) is 1. The SMILES string of the molecule is CC1Cc2cc(Cn3ccnc3-c3cc4n(n3)CCNC4)ccc2O1.Cl.Cl. The van der Waals surface area contributed by atoms with E-state index < -0.39 is 0 Å². The van der Waals surface area contributed by atoms with Crippen LogP contribution in [0, 0.1) is 0 Å². The topological polar surface area (TPSA) is 56.9 Å². The lowest BCUT2D eigenvalue weighted by atomic mass is 10.1. The molecule has 0 amide bonds. The molecule has 0 saturated heterocycles. The first-order valence-electron chi connectivity index (χ1n) is 8.84. The first kappa shape index (κ1) is 19.7. The van der Waals surface area contributed by atoms with Crippen molar-refractivity contribution in [3.63, 3.8) is 0 Å². The highest BCUT2D eigenvalue weighted by Crippen LogP contribution is 2.30. The molecule has 0 spiro atoms. The van der Waals surface area contributed by atoms with Gasteiger partial charge in [-0.25, -0.2) is 4.98 Å². The highest BCUT2D eigenvalue weighted by molar-refractivity contribution is 5.85. The lowest BCUT2D eigenvalue weighted by Crippen LogP contribution is -2.28. The van der Waals surface area contributed by atoms with Crippen molar-refractivity contribution in [2.45, 2.75) is 39.1 Å². The van der Waals surface area contributed by atoms with Crippen molar-refractivity contribution in [1.82, 2.24) is 24.6 Å². The summed E-state index contributed by atoms with van der Waals surface area (Å²) in [5.74, 6) is 1.95. The van der Waals surface area contributed by atoms with E-state index in [0.717, 1.165) is 49.9 Å². The molecule has 1 unspecified atom stereocenters. The third-order valence-electron chi connectivity index (χ3n) is 4.93. The molecule has 144 valence electrons. The molecule has 0 aliphatic carbocycles. The number of nitrogens with one attached hydrogen (secondary N) is 1. The van der Waals surface area contributed by atoms with E-state index in [1.807, 2.05) is 12.4 Å². The Hall–Kier alpha value is -2.02. The van der Waals surface area contributed by atoms with Crippen LogP contribution in [0.1, 0.15) is 23.7 Å². The molecule has 1 N–H and O–H groups in total. The highest BCUT2D eigenvalue weighted by atomic mass is 35.5. The van der Waals surface area contributed by atoms with Gasteiger partial charge in [0.25, 0.3) is 0 Å². The Balaban J connectivity index is 0.00000105. The summed E-state index contributed by atoms with van der Waals surface area (Å²) in [5, 5.41) is 8.12. The number of rotatable bonds is 3. The van der Waals surface area contributed by atoms with Gasteiger partial charge in [-0.1, -0.05) is 12.1 Å². The monoisotopic (exact) mass is 407 g/mol. The third kappa shape index (κ3) is 3.70. The molecule has 2 aliphatic rings. The van der Waals surface area contributed by atoms with E-state index in [4.69, 9.17) is 9.84 Å². The molecular weight excluding hydrogens is 385 g/mol. The minimum absolute atomic E-state index is 0. The fourth-order valence-electron chi connectivity index (χ4n) is 3.74. The maximum Gasteiger partial charge on any atom is 0.160 e. The van der Waals surface area contributed by atoms with Gasteiger partial charge in [0, 0.05) is 38.4 Å². The molecule has 27 heavy (non-hydrogen) atoms. The van der Waals surface area contributed by atoms with Crippen molar-refractivity contribution >= 4 is 24.8 Å². The van der Waals surface area contributed by atoms with Crippen molar-refractivity contribution in [3.05, 3.63) is 53.5 Å². The molecule has 2 aromatic heterocycles. The summed E-state index contributed by atoms with van der Waals surface area (Å²) in [6.45, 7) is 5.66. The van der Waals surface area contributed by atoms with Gasteiger partial charge >= 0.3 is 0 Å². The molecule has 0 saturated carbocycles. The molecule has 1 atom stereocenters. The Morgan fingerprint density at radius 1 is 1.26 bits per heavy atom. The lowest BCUT2D eigenvalue weighted by molar-refractivity contribution is 0.254. The van der Waals surface area contributed by atoms with Gasteiger partial charge in [0.2, 0.25) is 0 Å². The molecule has 0 bridgehead atoms. The van der Waals surface area contributed by atoms with Crippen LogP contribution in [0.25, 0.3) is 11.5 Å². The van der Waals surface area contributed by atoms with Gasteiger partial charge in [-0.3, -0.25) is 4.68 Å². The van der Waals surface area contributed by atoms with Gasteiger partial charge in [0.05, 0.1) is 12.2 Å². The van der Waals surface area contributed by atoms with E-state index in [1.165, 1.54) is 16.8 Å². The Kier molecular flexibility index (Phi) is 5.79. The van der Waals surface area contributed by atoms with Crippen LogP contribution in [0.15, 0.2) is 36.7 Å². The standard InChI is InChI=1S/C19H21N5O.2ClH/c1-13-8-15-9-14(2-3-18(15)25-13)12-23-6-5-21-19(23)17-10-16-11-20-4-7-24(16)22-17;;/h2-3,5-6,9-10,13,20H,4,7-8,11-12H2,1H3;2*1H. The lowest BCUT2D eigenvalue weighted by Gasteiger charge is -2.13. The zero-order chi connectivity index (χ0) is 16.8. The molecule has 8 heteroatoms. The molecule has 0 fully saturated rings. The van der Waals surface area contributed by atoms with Gasteiger partial charge in [-0.05, 0) is 30.2 Å². The van der Waals surface area contributed by atoms with Crippen LogP contribution < -0.4 is 10.1 Å². The quantitative estimate of drug-likeness (QED) is 0.724. The molecule has 1 aromatic carbocycles. The number of nitrogens with zero attached hydrogens (tertiary/aromatic N) is 4. The largest absolute Gasteiger partial charge is 0.490 e. The van der Waals surface area contributed by atoms with E-state index in [9.17, 15) is 0 Å². The maximum absolute atomic E-state index is 5.80. The maximum atomic E-state index is 5.80. The Bertz CT molecular complexity index is 913. The number of fused-ring (bicyclic) bond motifs is 2. The highest BCUT2D eigenvalue weighted by Gasteiger charge is 2.20. The summed E-state index contributed by atoms with van der Waals surface area (Å²) in [7, 11) is 0. The van der Waals surface area contributed by atoms with Crippen molar-refractivity contribution in [3.8, 4) is 17.3 Å². The van der Waals surface area contributed by atoms with E-state index >= 15 is 0 Å². The number of ether oxygens (including phenoxy) is 1. The van der Waals surface area contributed by atoms with Gasteiger partial charge in [-0.2, -0.15) is 5.10 Å². The number of benzene rings is 1. The van der Waals surface area contributed by atoms with Crippen LogP contribution in [0.3, 0.4) is 0 Å². The number of halogens is 2. The Labute approximate surface area is 170 Å². The summed E-state index contributed by atoms with van der Waals surface area (Å²) in [5.41, 5.74) is 4.73. The van der Waals surface area contributed by atoms with Crippen LogP contribution in [0.5, 0.6) is 5.75 Å². The Morgan fingerprint density at radius 2 is 2.15 bits per heavy atom. The van der Waals surface area contributed by atoms with Crippen LogP contribution in [0.2, 0.25) is 0 Å². The first-order valence-corrected chi connectivity index (χ1v) is 8.84. The predicted molar refractivity (Wildman–Crippen MR) is 109 cm³/mol. The molecule has 0 radical (unpaired) electrons. The molecule has 5 rings (SSSR count). The Morgan fingerprint density at radius 3 is 3.00 bits per heavy atom. The number of aromatic nitrogens is 4. The smallest absolute Gasteiger partial charge is 0.160 e. The van der Waals surface area contributed by atoms with Gasteiger partial charge in [0.1, 0.15) is 17.5 Å². The average molecular weight is 408 g/mol. The zero-order valence-corrected chi connectivity index (χ0v) is 16.7. The third-order valence-corrected chi connectivity index (χ3v) is 4.93. The summed E-state index contributed by atoms with van der Waals surface area (Å²) in [4.78, 5) is 4.55. The van der Waals surface area contributed by atoms with E-state index in [1.54, 1.807) is 0 Å². The van der Waals surface area contributed by atoms with Gasteiger partial charge < -0.3 is 14.6 Å². The van der Waals surface area contributed by atoms with Crippen LogP contribution in [-0.2, 0) is 26.1 Å². The number of hydrogen-bond acceptors (Lipinski definition) is 4. The second-order valence-electron chi connectivity index (χ2n) is 6.87.